The maximum absolute atomic E-state index is 14.5. The van der Waals surface area contributed by atoms with E-state index in [1.807, 2.05) is 0 Å². The van der Waals surface area contributed by atoms with Gasteiger partial charge in [0.05, 0.1) is 5.56 Å². The number of hydrogen-bond donors (Lipinski definition) is 1. The van der Waals surface area contributed by atoms with E-state index in [0.29, 0.717) is 30.5 Å². The van der Waals surface area contributed by atoms with E-state index in [1.54, 1.807) is 23.1 Å². The Morgan fingerprint density at radius 1 is 0.960 bits per heavy atom. The molecule has 2 heterocycles. The maximum atomic E-state index is 14.5. The molecule has 0 radical (unpaired) electrons. The van der Waals surface area contributed by atoms with Gasteiger partial charge in [0, 0.05) is 26.2 Å². The van der Waals surface area contributed by atoms with Gasteiger partial charge in [0.25, 0.3) is 5.91 Å². The third kappa shape index (κ3) is 3.39. The molecule has 132 valence electrons. The molecule has 0 unspecified atom stereocenters. The number of fused-ring (bicyclic) bond motifs is 1. The minimum absolute atomic E-state index is 0. The van der Waals surface area contributed by atoms with Crippen LogP contribution in [0, 0.1) is 23.5 Å². The zero-order valence-corrected chi connectivity index (χ0v) is 14.4. The van der Waals surface area contributed by atoms with E-state index < -0.39 is 5.82 Å². The summed E-state index contributed by atoms with van der Waals surface area (Å²) in [6.07, 6.45) is 0. The normalized spacial score (nSPS) is 21.8. The molecule has 0 aliphatic carbocycles. The Balaban J connectivity index is 0.00000182. The van der Waals surface area contributed by atoms with Crippen LogP contribution in [0.2, 0.25) is 0 Å². The fourth-order valence-corrected chi connectivity index (χ4v) is 3.70. The lowest BCUT2D eigenvalue weighted by Gasteiger charge is -2.18. The summed E-state index contributed by atoms with van der Waals surface area (Å²) < 4.78 is 27.5. The SMILES string of the molecule is Cl.O=C(c1ccc(-c2ccc(F)cc2)cc1F)N1C[C@H]2CNC[C@H]2C1. The molecule has 2 aliphatic heterocycles. The second-order valence-corrected chi connectivity index (χ2v) is 6.59. The van der Waals surface area contributed by atoms with E-state index in [9.17, 15) is 13.6 Å². The van der Waals surface area contributed by atoms with Gasteiger partial charge in [0.2, 0.25) is 0 Å². The van der Waals surface area contributed by atoms with Crippen molar-refractivity contribution < 1.29 is 13.6 Å². The smallest absolute Gasteiger partial charge is 0.256 e. The summed E-state index contributed by atoms with van der Waals surface area (Å²) in [5, 5.41) is 3.33. The third-order valence-corrected chi connectivity index (χ3v) is 5.05. The molecule has 2 saturated heterocycles. The highest BCUT2D eigenvalue weighted by atomic mass is 35.5. The number of carbonyl (C=O) groups excluding carboxylic acids is 1. The van der Waals surface area contributed by atoms with Gasteiger partial charge in [-0.1, -0.05) is 18.2 Å². The van der Waals surface area contributed by atoms with E-state index >= 15 is 0 Å². The number of carbonyl (C=O) groups is 1. The molecule has 0 bridgehead atoms. The first-order chi connectivity index (χ1) is 11.6. The van der Waals surface area contributed by atoms with Crippen molar-refractivity contribution in [2.45, 2.75) is 0 Å². The summed E-state index contributed by atoms with van der Waals surface area (Å²) in [4.78, 5) is 14.4. The third-order valence-electron chi connectivity index (χ3n) is 5.05. The Bertz CT molecular complexity index is 769. The van der Waals surface area contributed by atoms with Gasteiger partial charge < -0.3 is 10.2 Å². The predicted molar refractivity (Wildman–Crippen MR) is 94.8 cm³/mol. The molecule has 2 aliphatic rings. The molecule has 1 N–H and O–H groups in total. The van der Waals surface area contributed by atoms with Crippen molar-refractivity contribution in [3.63, 3.8) is 0 Å². The predicted octanol–water partition coefficient (Wildman–Crippen LogP) is 3.35. The van der Waals surface area contributed by atoms with Gasteiger partial charge in [-0.3, -0.25) is 4.79 Å². The molecule has 1 amide bonds. The average molecular weight is 365 g/mol. The number of rotatable bonds is 2. The zero-order chi connectivity index (χ0) is 16.7. The maximum Gasteiger partial charge on any atom is 0.256 e. The van der Waals surface area contributed by atoms with Gasteiger partial charge in [-0.05, 0) is 47.2 Å². The van der Waals surface area contributed by atoms with Crippen molar-refractivity contribution in [1.29, 1.82) is 0 Å². The van der Waals surface area contributed by atoms with Crippen LogP contribution in [-0.2, 0) is 0 Å². The average Bonchev–Trinajstić information content (AvgIpc) is 3.16. The molecule has 2 aromatic rings. The van der Waals surface area contributed by atoms with Crippen LogP contribution in [-0.4, -0.2) is 37.0 Å². The van der Waals surface area contributed by atoms with Gasteiger partial charge in [-0.25, -0.2) is 8.78 Å². The molecule has 0 saturated carbocycles. The van der Waals surface area contributed by atoms with Crippen LogP contribution >= 0.6 is 12.4 Å². The second-order valence-electron chi connectivity index (χ2n) is 6.59. The van der Waals surface area contributed by atoms with Crippen molar-refractivity contribution in [2.24, 2.45) is 11.8 Å². The van der Waals surface area contributed by atoms with Crippen LogP contribution in [0.15, 0.2) is 42.5 Å². The minimum atomic E-state index is -0.531. The molecule has 0 aromatic heterocycles. The Labute approximate surface area is 151 Å². The minimum Gasteiger partial charge on any atom is -0.338 e. The summed E-state index contributed by atoms with van der Waals surface area (Å²) >= 11 is 0. The fraction of sp³-hybridized carbons (Fsp3) is 0.316. The summed E-state index contributed by atoms with van der Waals surface area (Å²) in [6, 6.07) is 10.5. The summed E-state index contributed by atoms with van der Waals surface area (Å²) in [5.41, 5.74) is 1.46. The first-order valence-electron chi connectivity index (χ1n) is 8.17. The number of amides is 1. The van der Waals surface area contributed by atoms with Crippen LogP contribution in [0.1, 0.15) is 10.4 Å². The van der Waals surface area contributed by atoms with Crippen molar-refractivity contribution in [1.82, 2.24) is 10.2 Å². The van der Waals surface area contributed by atoms with Crippen LogP contribution in [0.3, 0.4) is 0 Å². The molecular weight excluding hydrogens is 346 g/mol. The molecule has 6 heteroatoms. The largest absolute Gasteiger partial charge is 0.338 e. The standard InChI is InChI=1S/C19H18F2N2O.ClH/c20-16-4-1-12(2-5-16)13-3-6-17(18(21)7-13)19(24)23-10-14-8-22-9-15(14)11-23;/h1-7,14-15,22H,8-11H2;1H/t14-,15+;. The number of hydrogen-bond acceptors (Lipinski definition) is 2. The Morgan fingerprint density at radius 3 is 2.16 bits per heavy atom. The molecule has 2 fully saturated rings. The molecular formula is C19H19ClF2N2O. The number of likely N-dealkylation sites (tertiary alicyclic amines) is 1. The Morgan fingerprint density at radius 2 is 1.56 bits per heavy atom. The molecule has 0 spiro atoms. The number of halogens is 3. The van der Waals surface area contributed by atoms with Crippen molar-refractivity contribution in [3.05, 3.63) is 59.7 Å². The van der Waals surface area contributed by atoms with Gasteiger partial charge in [0.15, 0.2) is 0 Å². The second kappa shape index (κ2) is 7.10. The number of nitrogens with one attached hydrogen (secondary N) is 1. The van der Waals surface area contributed by atoms with Gasteiger partial charge in [-0.2, -0.15) is 0 Å². The fourth-order valence-electron chi connectivity index (χ4n) is 3.70. The molecule has 25 heavy (non-hydrogen) atoms. The van der Waals surface area contributed by atoms with Gasteiger partial charge in [0.1, 0.15) is 11.6 Å². The van der Waals surface area contributed by atoms with Crippen LogP contribution < -0.4 is 5.32 Å². The monoisotopic (exact) mass is 364 g/mol. The zero-order valence-electron chi connectivity index (χ0n) is 13.5. The van der Waals surface area contributed by atoms with Gasteiger partial charge in [-0.15, -0.1) is 12.4 Å². The first-order valence-corrected chi connectivity index (χ1v) is 8.17. The quantitative estimate of drug-likeness (QED) is 0.886. The summed E-state index contributed by atoms with van der Waals surface area (Å²) in [6.45, 7) is 3.24. The lowest BCUT2D eigenvalue weighted by atomic mass is 10.0. The number of benzene rings is 2. The van der Waals surface area contributed by atoms with Gasteiger partial charge >= 0.3 is 0 Å². The van der Waals surface area contributed by atoms with E-state index in [-0.39, 0.29) is 29.7 Å². The lowest BCUT2D eigenvalue weighted by molar-refractivity contribution is 0.0777. The molecule has 2 aromatic carbocycles. The number of nitrogens with zero attached hydrogens (tertiary/aromatic N) is 1. The highest BCUT2D eigenvalue weighted by molar-refractivity contribution is 5.95. The Kier molecular flexibility index (Phi) is 5.06. The van der Waals surface area contributed by atoms with Crippen LogP contribution in [0.25, 0.3) is 11.1 Å². The molecule has 3 nitrogen and oxygen atoms in total. The van der Waals surface area contributed by atoms with Crippen LogP contribution in [0.4, 0.5) is 8.78 Å². The van der Waals surface area contributed by atoms with E-state index in [0.717, 1.165) is 18.7 Å². The van der Waals surface area contributed by atoms with Crippen molar-refractivity contribution in [2.75, 3.05) is 26.2 Å². The highest BCUT2D eigenvalue weighted by Crippen LogP contribution is 2.29. The van der Waals surface area contributed by atoms with E-state index in [2.05, 4.69) is 5.32 Å². The molecule has 2 atom stereocenters. The van der Waals surface area contributed by atoms with Crippen molar-refractivity contribution >= 4 is 18.3 Å². The highest BCUT2D eigenvalue weighted by Gasteiger charge is 2.38. The summed E-state index contributed by atoms with van der Waals surface area (Å²) in [5.74, 6) is -0.143. The molecule has 4 rings (SSSR count). The Hall–Kier alpha value is -1.98. The van der Waals surface area contributed by atoms with Crippen molar-refractivity contribution in [3.8, 4) is 11.1 Å². The lowest BCUT2D eigenvalue weighted by Crippen LogP contribution is -2.32. The van der Waals surface area contributed by atoms with Crippen LogP contribution in [0.5, 0.6) is 0 Å². The topological polar surface area (TPSA) is 32.3 Å². The summed E-state index contributed by atoms with van der Waals surface area (Å²) in [7, 11) is 0. The van der Waals surface area contributed by atoms with E-state index in [1.165, 1.54) is 24.3 Å². The first kappa shape index (κ1) is 17.8. The van der Waals surface area contributed by atoms with E-state index in [4.69, 9.17) is 0 Å².